The molecule has 1 aromatic heterocycles. The Morgan fingerprint density at radius 1 is 1.62 bits per heavy atom. The first-order valence-corrected chi connectivity index (χ1v) is 5.44. The minimum atomic E-state index is -3.30. The molecule has 0 spiro atoms. The molecule has 0 fully saturated rings. The molecule has 13 heavy (non-hydrogen) atoms. The largest absolute Gasteiger partial charge is 0.392 e. The Hall–Kier alpha value is -1.14. The minimum absolute atomic E-state index is 0.138. The Kier molecular flexibility index (Phi) is 2.84. The number of anilines is 1. The summed E-state index contributed by atoms with van der Waals surface area (Å²) >= 11 is 0. The van der Waals surface area contributed by atoms with Crippen LogP contribution in [0.25, 0.3) is 0 Å². The van der Waals surface area contributed by atoms with E-state index in [4.69, 9.17) is 5.11 Å². The second-order valence-electron chi connectivity index (χ2n) is 2.58. The Morgan fingerprint density at radius 3 is 2.85 bits per heavy atom. The van der Waals surface area contributed by atoms with Crippen molar-refractivity contribution in [3.8, 4) is 0 Å². The molecule has 0 bridgehead atoms. The zero-order valence-electron chi connectivity index (χ0n) is 7.06. The van der Waals surface area contributed by atoms with Gasteiger partial charge in [0.1, 0.15) is 5.82 Å². The number of nitrogens with one attached hydrogen (secondary N) is 1. The van der Waals surface area contributed by atoms with Crippen LogP contribution in [0.4, 0.5) is 5.82 Å². The first-order chi connectivity index (χ1) is 6.01. The molecule has 1 aromatic rings. The fraction of sp³-hybridized carbons (Fsp3) is 0.286. The van der Waals surface area contributed by atoms with Crippen molar-refractivity contribution >= 4 is 15.8 Å². The molecule has 5 nitrogen and oxygen atoms in total. The fourth-order valence-electron chi connectivity index (χ4n) is 0.818. The van der Waals surface area contributed by atoms with Crippen LogP contribution in [0.5, 0.6) is 0 Å². The summed E-state index contributed by atoms with van der Waals surface area (Å²) in [5.74, 6) is 0.217. The lowest BCUT2D eigenvalue weighted by Crippen LogP contribution is -2.10. The third-order valence-corrected chi connectivity index (χ3v) is 1.88. The number of aliphatic hydroxyl groups is 1. The molecule has 1 heterocycles. The zero-order chi connectivity index (χ0) is 9.90. The summed E-state index contributed by atoms with van der Waals surface area (Å²) in [6.45, 7) is -0.138. The van der Waals surface area contributed by atoms with E-state index in [1.54, 1.807) is 6.07 Å². The number of nitrogens with zero attached hydrogens (tertiary/aromatic N) is 1. The van der Waals surface area contributed by atoms with Gasteiger partial charge in [-0.05, 0) is 17.7 Å². The van der Waals surface area contributed by atoms with Crippen molar-refractivity contribution in [1.82, 2.24) is 4.98 Å². The Bertz CT molecular complexity index is 388. The van der Waals surface area contributed by atoms with Gasteiger partial charge < -0.3 is 5.11 Å². The van der Waals surface area contributed by atoms with Crippen molar-refractivity contribution in [3.05, 3.63) is 23.9 Å². The average molecular weight is 202 g/mol. The first kappa shape index (κ1) is 9.94. The molecule has 0 saturated heterocycles. The first-order valence-electron chi connectivity index (χ1n) is 3.55. The Balaban J connectivity index is 2.90. The van der Waals surface area contributed by atoms with Gasteiger partial charge in [0, 0.05) is 6.20 Å². The minimum Gasteiger partial charge on any atom is -0.392 e. The number of pyridine rings is 1. The van der Waals surface area contributed by atoms with E-state index >= 15 is 0 Å². The highest BCUT2D eigenvalue weighted by atomic mass is 32.2. The second-order valence-corrected chi connectivity index (χ2v) is 4.33. The van der Waals surface area contributed by atoms with E-state index in [0.717, 1.165) is 6.26 Å². The second kappa shape index (κ2) is 3.71. The SMILES string of the molecule is CS(=O)(=O)Nc1cc(CO)ccn1. The molecular weight excluding hydrogens is 192 g/mol. The number of aliphatic hydroxyl groups excluding tert-OH is 1. The topological polar surface area (TPSA) is 79.3 Å². The predicted molar refractivity (Wildman–Crippen MR) is 48.6 cm³/mol. The monoisotopic (exact) mass is 202 g/mol. The van der Waals surface area contributed by atoms with E-state index in [1.165, 1.54) is 12.3 Å². The predicted octanol–water partition coefficient (Wildman–Crippen LogP) is -0.0546. The van der Waals surface area contributed by atoms with Gasteiger partial charge in [-0.15, -0.1) is 0 Å². The van der Waals surface area contributed by atoms with Crippen LogP contribution in [0.3, 0.4) is 0 Å². The number of rotatable bonds is 3. The van der Waals surface area contributed by atoms with Crippen molar-refractivity contribution in [3.63, 3.8) is 0 Å². The maximum Gasteiger partial charge on any atom is 0.230 e. The number of sulfonamides is 1. The third-order valence-electron chi connectivity index (χ3n) is 1.30. The normalized spacial score (nSPS) is 11.2. The van der Waals surface area contributed by atoms with Gasteiger partial charge in [-0.2, -0.15) is 0 Å². The van der Waals surface area contributed by atoms with Crippen molar-refractivity contribution in [2.24, 2.45) is 0 Å². The van der Waals surface area contributed by atoms with Crippen LogP contribution in [0.1, 0.15) is 5.56 Å². The van der Waals surface area contributed by atoms with Crippen molar-refractivity contribution in [2.45, 2.75) is 6.61 Å². The van der Waals surface area contributed by atoms with E-state index in [1.807, 2.05) is 0 Å². The quantitative estimate of drug-likeness (QED) is 0.720. The molecule has 0 unspecified atom stereocenters. The lowest BCUT2D eigenvalue weighted by Gasteiger charge is -2.03. The van der Waals surface area contributed by atoms with E-state index < -0.39 is 10.0 Å². The molecule has 0 saturated carbocycles. The molecule has 0 aliphatic heterocycles. The van der Waals surface area contributed by atoms with E-state index in [2.05, 4.69) is 9.71 Å². The van der Waals surface area contributed by atoms with Gasteiger partial charge in [-0.3, -0.25) is 4.72 Å². The lowest BCUT2D eigenvalue weighted by molar-refractivity contribution is 0.282. The van der Waals surface area contributed by atoms with E-state index in [0.29, 0.717) is 5.56 Å². The molecule has 0 aromatic carbocycles. The van der Waals surface area contributed by atoms with Crippen LogP contribution in [0.2, 0.25) is 0 Å². The van der Waals surface area contributed by atoms with Gasteiger partial charge in [-0.1, -0.05) is 0 Å². The summed E-state index contributed by atoms with van der Waals surface area (Å²) in [4.78, 5) is 3.77. The molecule has 72 valence electrons. The number of hydrogen-bond donors (Lipinski definition) is 2. The summed E-state index contributed by atoms with van der Waals surface area (Å²) in [6, 6.07) is 3.08. The summed E-state index contributed by atoms with van der Waals surface area (Å²) in [5, 5.41) is 8.76. The molecule has 0 aliphatic carbocycles. The molecule has 0 amide bonds. The summed E-state index contributed by atoms with van der Waals surface area (Å²) in [6.07, 6.45) is 2.47. The van der Waals surface area contributed by atoms with Crippen LogP contribution >= 0.6 is 0 Å². The molecule has 2 N–H and O–H groups in total. The van der Waals surface area contributed by atoms with Crippen LogP contribution < -0.4 is 4.72 Å². The van der Waals surface area contributed by atoms with Gasteiger partial charge in [0.25, 0.3) is 0 Å². The molecule has 0 radical (unpaired) electrons. The summed E-state index contributed by atoms with van der Waals surface area (Å²) < 4.78 is 23.8. The Labute approximate surface area is 76.5 Å². The van der Waals surface area contributed by atoms with Crippen molar-refractivity contribution in [2.75, 3.05) is 11.0 Å². The maximum absolute atomic E-state index is 10.8. The van der Waals surface area contributed by atoms with E-state index in [-0.39, 0.29) is 12.4 Å². The van der Waals surface area contributed by atoms with Crippen LogP contribution in [0.15, 0.2) is 18.3 Å². The van der Waals surface area contributed by atoms with Crippen LogP contribution in [0, 0.1) is 0 Å². The van der Waals surface area contributed by atoms with E-state index in [9.17, 15) is 8.42 Å². The highest BCUT2D eigenvalue weighted by Gasteiger charge is 2.02. The number of aromatic nitrogens is 1. The Morgan fingerprint density at radius 2 is 2.31 bits per heavy atom. The molecule has 1 rings (SSSR count). The highest BCUT2D eigenvalue weighted by molar-refractivity contribution is 7.92. The zero-order valence-corrected chi connectivity index (χ0v) is 7.87. The fourth-order valence-corrected chi connectivity index (χ4v) is 1.31. The van der Waals surface area contributed by atoms with Gasteiger partial charge in [0.2, 0.25) is 10.0 Å². The van der Waals surface area contributed by atoms with Crippen molar-refractivity contribution in [1.29, 1.82) is 0 Å². The maximum atomic E-state index is 10.8. The third kappa shape index (κ3) is 3.39. The lowest BCUT2D eigenvalue weighted by atomic mass is 10.3. The summed E-state index contributed by atoms with van der Waals surface area (Å²) in [7, 11) is -3.30. The van der Waals surface area contributed by atoms with Crippen molar-refractivity contribution < 1.29 is 13.5 Å². The average Bonchev–Trinajstić information content (AvgIpc) is 2.01. The highest BCUT2D eigenvalue weighted by Crippen LogP contribution is 2.07. The molecule has 0 aliphatic rings. The molecule has 0 atom stereocenters. The van der Waals surface area contributed by atoms with Gasteiger partial charge >= 0.3 is 0 Å². The number of hydrogen-bond acceptors (Lipinski definition) is 4. The van der Waals surface area contributed by atoms with Gasteiger partial charge in [0.05, 0.1) is 12.9 Å². The molecule has 6 heteroatoms. The van der Waals surface area contributed by atoms with Gasteiger partial charge in [0.15, 0.2) is 0 Å². The molecular formula is C7H10N2O3S. The summed E-state index contributed by atoms with van der Waals surface area (Å²) in [5.41, 5.74) is 0.612. The van der Waals surface area contributed by atoms with Gasteiger partial charge in [-0.25, -0.2) is 13.4 Å². The standard InChI is InChI=1S/C7H10N2O3S/c1-13(11,12)9-7-4-6(5-10)2-3-8-7/h2-4,10H,5H2,1H3,(H,8,9). The van der Waals surface area contributed by atoms with Crippen LogP contribution in [-0.4, -0.2) is 24.8 Å². The van der Waals surface area contributed by atoms with Crippen LogP contribution in [-0.2, 0) is 16.6 Å². The smallest absolute Gasteiger partial charge is 0.230 e.